The van der Waals surface area contributed by atoms with Crippen LogP contribution in [0.3, 0.4) is 0 Å². The van der Waals surface area contributed by atoms with E-state index in [1.165, 1.54) is 4.31 Å². The number of sulfonamides is 1. The van der Waals surface area contributed by atoms with Gasteiger partial charge in [-0.1, -0.05) is 0 Å². The molecule has 3 aromatic rings. The van der Waals surface area contributed by atoms with Crippen LogP contribution in [-0.2, 0) is 30.0 Å². The van der Waals surface area contributed by atoms with Crippen LogP contribution >= 0.6 is 0 Å². The molecular formula is C17H19N5O2S. The first-order valence-corrected chi connectivity index (χ1v) is 9.56. The molecule has 1 aliphatic rings. The molecule has 3 aromatic heterocycles. The summed E-state index contributed by atoms with van der Waals surface area (Å²) in [5, 5.41) is 5.17. The second-order valence-electron chi connectivity index (χ2n) is 6.36. The standard InChI is InChI=1S/C17H19N5O2S/c1-11-16(12(2)21(3)20-11)25(23,24)22-8-6-15-14(10-22)9-13-5-4-7-18-17(13)19-15/h4-5,7,9H,6,8,10H2,1-3H3. The van der Waals surface area contributed by atoms with Crippen LogP contribution in [0.2, 0.25) is 0 Å². The Hall–Kier alpha value is -2.32. The Labute approximate surface area is 146 Å². The fraction of sp³-hybridized carbons (Fsp3) is 0.353. The van der Waals surface area contributed by atoms with E-state index in [4.69, 9.17) is 0 Å². The van der Waals surface area contributed by atoms with Crippen molar-refractivity contribution < 1.29 is 8.42 Å². The first-order valence-electron chi connectivity index (χ1n) is 8.12. The van der Waals surface area contributed by atoms with Gasteiger partial charge in [-0.2, -0.15) is 9.40 Å². The SMILES string of the molecule is Cc1nn(C)c(C)c1S(=O)(=O)N1CCc2nc3ncccc3cc2C1. The van der Waals surface area contributed by atoms with Crippen molar-refractivity contribution in [1.29, 1.82) is 0 Å². The number of fused-ring (bicyclic) bond motifs is 2. The highest BCUT2D eigenvalue weighted by atomic mass is 32.2. The maximum Gasteiger partial charge on any atom is 0.247 e. The molecule has 0 unspecified atom stereocenters. The Bertz CT molecular complexity index is 1090. The molecule has 0 aliphatic carbocycles. The third kappa shape index (κ3) is 2.52. The van der Waals surface area contributed by atoms with Gasteiger partial charge in [0.25, 0.3) is 0 Å². The number of aromatic nitrogens is 4. The third-order valence-electron chi connectivity index (χ3n) is 4.74. The van der Waals surface area contributed by atoms with E-state index >= 15 is 0 Å². The van der Waals surface area contributed by atoms with Gasteiger partial charge < -0.3 is 0 Å². The van der Waals surface area contributed by atoms with E-state index in [1.807, 2.05) is 18.2 Å². The van der Waals surface area contributed by atoms with Crippen LogP contribution < -0.4 is 0 Å². The van der Waals surface area contributed by atoms with Crippen molar-refractivity contribution in [1.82, 2.24) is 24.1 Å². The van der Waals surface area contributed by atoms with Gasteiger partial charge in [-0.3, -0.25) is 4.68 Å². The third-order valence-corrected chi connectivity index (χ3v) is 6.84. The Morgan fingerprint density at radius 1 is 1.24 bits per heavy atom. The van der Waals surface area contributed by atoms with Crippen LogP contribution in [0.1, 0.15) is 22.6 Å². The normalized spacial score (nSPS) is 15.5. The zero-order valence-electron chi connectivity index (χ0n) is 14.4. The Balaban J connectivity index is 1.75. The highest BCUT2D eigenvalue weighted by Gasteiger charge is 2.33. The van der Waals surface area contributed by atoms with Gasteiger partial charge in [-0.25, -0.2) is 18.4 Å². The smallest absolute Gasteiger partial charge is 0.247 e. The maximum atomic E-state index is 13.2. The van der Waals surface area contributed by atoms with Crippen molar-refractivity contribution in [3.63, 3.8) is 0 Å². The molecule has 0 saturated heterocycles. The van der Waals surface area contributed by atoms with E-state index in [2.05, 4.69) is 15.1 Å². The van der Waals surface area contributed by atoms with Crippen molar-refractivity contribution in [2.45, 2.75) is 31.7 Å². The van der Waals surface area contributed by atoms with Crippen LogP contribution in [0, 0.1) is 13.8 Å². The molecule has 8 heteroatoms. The summed E-state index contributed by atoms with van der Waals surface area (Å²) < 4.78 is 29.4. The summed E-state index contributed by atoms with van der Waals surface area (Å²) in [4.78, 5) is 9.19. The van der Waals surface area contributed by atoms with Crippen molar-refractivity contribution >= 4 is 21.1 Å². The zero-order valence-corrected chi connectivity index (χ0v) is 15.2. The summed E-state index contributed by atoms with van der Waals surface area (Å²) in [6.07, 6.45) is 2.30. The van der Waals surface area contributed by atoms with E-state index < -0.39 is 10.0 Å². The van der Waals surface area contributed by atoms with Gasteiger partial charge >= 0.3 is 0 Å². The lowest BCUT2D eigenvalue weighted by Crippen LogP contribution is -2.36. The predicted molar refractivity (Wildman–Crippen MR) is 93.5 cm³/mol. The highest BCUT2D eigenvalue weighted by Crippen LogP contribution is 2.28. The molecule has 0 radical (unpaired) electrons. The Morgan fingerprint density at radius 3 is 2.76 bits per heavy atom. The van der Waals surface area contributed by atoms with Crippen LogP contribution in [0.15, 0.2) is 29.3 Å². The largest absolute Gasteiger partial charge is 0.271 e. The van der Waals surface area contributed by atoms with E-state index in [9.17, 15) is 8.42 Å². The first-order chi connectivity index (χ1) is 11.9. The second-order valence-corrected chi connectivity index (χ2v) is 8.23. The lowest BCUT2D eigenvalue weighted by atomic mass is 10.1. The molecule has 0 bridgehead atoms. The molecule has 4 rings (SSSR count). The average Bonchev–Trinajstić information content (AvgIpc) is 2.85. The highest BCUT2D eigenvalue weighted by molar-refractivity contribution is 7.89. The fourth-order valence-electron chi connectivity index (χ4n) is 3.40. The van der Waals surface area contributed by atoms with Crippen molar-refractivity contribution in [3.05, 3.63) is 47.0 Å². The maximum absolute atomic E-state index is 13.2. The van der Waals surface area contributed by atoms with Gasteiger partial charge in [0.15, 0.2) is 5.65 Å². The lowest BCUT2D eigenvalue weighted by Gasteiger charge is -2.27. The van der Waals surface area contributed by atoms with Crippen molar-refractivity contribution in [2.24, 2.45) is 7.05 Å². The quantitative estimate of drug-likeness (QED) is 0.698. The van der Waals surface area contributed by atoms with Gasteiger partial charge in [0.1, 0.15) is 4.90 Å². The first kappa shape index (κ1) is 16.2. The number of aryl methyl sites for hydroxylation is 2. The van der Waals surface area contributed by atoms with E-state index in [-0.39, 0.29) is 0 Å². The van der Waals surface area contributed by atoms with E-state index in [0.717, 1.165) is 16.6 Å². The van der Waals surface area contributed by atoms with Crippen molar-refractivity contribution in [2.75, 3.05) is 6.54 Å². The molecule has 0 N–H and O–H groups in total. The van der Waals surface area contributed by atoms with E-state index in [1.54, 1.807) is 31.8 Å². The molecule has 0 aromatic carbocycles. The summed E-state index contributed by atoms with van der Waals surface area (Å²) in [6.45, 7) is 4.25. The molecule has 0 amide bonds. The van der Waals surface area contributed by atoms with Gasteiger partial charge in [-0.15, -0.1) is 0 Å². The molecule has 1 aliphatic heterocycles. The molecule has 7 nitrogen and oxygen atoms in total. The fourth-order valence-corrected chi connectivity index (χ4v) is 5.22. The minimum absolute atomic E-state index is 0.314. The molecule has 0 spiro atoms. The number of hydrogen-bond donors (Lipinski definition) is 0. The number of hydrogen-bond acceptors (Lipinski definition) is 5. The summed E-state index contributed by atoms with van der Waals surface area (Å²) >= 11 is 0. The number of rotatable bonds is 2. The molecule has 0 fully saturated rings. The summed E-state index contributed by atoms with van der Waals surface area (Å²) in [5.74, 6) is 0. The van der Waals surface area contributed by atoms with Crippen LogP contribution in [0.25, 0.3) is 11.0 Å². The number of pyridine rings is 2. The predicted octanol–water partition coefficient (Wildman–Crippen LogP) is 1.73. The van der Waals surface area contributed by atoms with Crippen LogP contribution in [0.4, 0.5) is 0 Å². The van der Waals surface area contributed by atoms with Gasteiger partial charge in [-0.05, 0) is 37.6 Å². The molecule has 0 saturated carbocycles. The van der Waals surface area contributed by atoms with Gasteiger partial charge in [0.05, 0.1) is 11.4 Å². The summed E-state index contributed by atoms with van der Waals surface area (Å²) in [5.41, 5.74) is 3.76. The minimum atomic E-state index is -3.59. The topological polar surface area (TPSA) is 81.0 Å². The molecular weight excluding hydrogens is 338 g/mol. The molecule has 0 atom stereocenters. The Morgan fingerprint density at radius 2 is 2.04 bits per heavy atom. The minimum Gasteiger partial charge on any atom is -0.271 e. The molecule has 4 heterocycles. The number of nitrogens with zero attached hydrogens (tertiary/aromatic N) is 5. The summed E-state index contributed by atoms with van der Waals surface area (Å²) in [6, 6.07) is 5.80. The monoisotopic (exact) mass is 357 g/mol. The van der Waals surface area contributed by atoms with Gasteiger partial charge in [0, 0.05) is 43.8 Å². The summed E-state index contributed by atoms with van der Waals surface area (Å²) in [7, 11) is -1.83. The van der Waals surface area contributed by atoms with E-state index in [0.29, 0.717) is 41.4 Å². The molecule has 130 valence electrons. The molecule has 25 heavy (non-hydrogen) atoms. The van der Waals surface area contributed by atoms with Gasteiger partial charge in [0.2, 0.25) is 10.0 Å². The lowest BCUT2D eigenvalue weighted by molar-refractivity contribution is 0.388. The van der Waals surface area contributed by atoms with Crippen molar-refractivity contribution in [3.8, 4) is 0 Å². The average molecular weight is 357 g/mol. The van der Waals surface area contributed by atoms with Crippen LogP contribution in [0.5, 0.6) is 0 Å². The Kier molecular flexibility index (Phi) is 3.62. The van der Waals surface area contributed by atoms with Crippen LogP contribution in [-0.4, -0.2) is 39.0 Å². The second kappa shape index (κ2) is 5.60. The zero-order chi connectivity index (χ0) is 17.8.